The molecule has 0 aliphatic rings. The van der Waals surface area contributed by atoms with Gasteiger partial charge >= 0.3 is 0 Å². The van der Waals surface area contributed by atoms with Crippen LogP contribution in [0, 0.1) is 0 Å². The van der Waals surface area contributed by atoms with Crippen LogP contribution in [0.3, 0.4) is 0 Å². The molecule has 2 aromatic carbocycles. The van der Waals surface area contributed by atoms with Crippen LogP contribution in [-0.2, 0) is 11.2 Å². The Morgan fingerprint density at radius 3 is 2.53 bits per heavy atom. The van der Waals surface area contributed by atoms with Crippen molar-refractivity contribution in [1.29, 1.82) is 0 Å². The van der Waals surface area contributed by atoms with Crippen molar-refractivity contribution >= 4 is 34.2 Å². The van der Waals surface area contributed by atoms with E-state index in [2.05, 4.69) is 34.1 Å². The molecule has 0 unspecified atom stereocenters. The Balaban J connectivity index is 1.49. The average Bonchev–Trinajstić information content (AvgIpc) is 2.85. The minimum absolute atomic E-state index is 0.246. The lowest BCUT2D eigenvalue weighted by molar-refractivity contribution is -0.111. The lowest BCUT2D eigenvalue weighted by Crippen LogP contribution is -2.13. The second kappa shape index (κ2) is 10.4. The molecule has 0 fully saturated rings. The minimum Gasteiger partial charge on any atom is -0.457 e. The van der Waals surface area contributed by atoms with E-state index in [1.54, 1.807) is 60.9 Å². The molecule has 4 rings (SSSR count). The number of pyridine rings is 2. The molecule has 2 aromatic heterocycles. The van der Waals surface area contributed by atoms with Gasteiger partial charge in [-0.25, -0.2) is 4.98 Å². The number of carbonyl (C=O) groups is 2. The van der Waals surface area contributed by atoms with Crippen LogP contribution in [0.25, 0.3) is 10.9 Å². The van der Waals surface area contributed by atoms with E-state index < -0.39 is 0 Å². The summed E-state index contributed by atoms with van der Waals surface area (Å²) in [5.41, 5.74) is 2.96. The third-order valence-electron chi connectivity index (χ3n) is 5.10. The smallest absolute Gasteiger partial charge is 0.256 e. The van der Waals surface area contributed by atoms with Crippen LogP contribution in [0.4, 0.5) is 11.5 Å². The largest absolute Gasteiger partial charge is 0.457 e. The highest BCUT2D eigenvalue weighted by molar-refractivity contribution is 6.04. The molecule has 0 saturated carbocycles. The molecule has 170 valence electrons. The number of benzene rings is 2. The van der Waals surface area contributed by atoms with Gasteiger partial charge in [0.1, 0.15) is 17.3 Å². The highest BCUT2D eigenvalue weighted by Crippen LogP contribution is 2.31. The number of ether oxygens (including phenoxy) is 1. The van der Waals surface area contributed by atoms with E-state index in [0.717, 1.165) is 29.3 Å². The summed E-state index contributed by atoms with van der Waals surface area (Å²) in [6.07, 6.45) is 6.52. The van der Waals surface area contributed by atoms with Crippen LogP contribution >= 0.6 is 0 Å². The Labute approximate surface area is 197 Å². The number of hydrogen-bond acceptors (Lipinski definition) is 5. The number of rotatable bonds is 8. The average molecular weight is 453 g/mol. The monoisotopic (exact) mass is 452 g/mol. The van der Waals surface area contributed by atoms with Crippen LogP contribution in [0.5, 0.6) is 11.5 Å². The van der Waals surface area contributed by atoms with Crippen LogP contribution in [0.2, 0.25) is 0 Å². The molecule has 7 nitrogen and oxygen atoms in total. The van der Waals surface area contributed by atoms with Crippen LogP contribution in [0.15, 0.2) is 85.7 Å². The van der Waals surface area contributed by atoms with Crippen LogP contribution in [-0.4, -0.2) is 21.8 Å². The van der Waals surface area contributed by atoms with Gasteiger partial charge in [-0.15, -0.1) is 0 Å². The molecule has 0 aliphatic heterocycles. The van der Waals surface area contributed by atoms with E-state index in [-0.39, 0.29) is 11.8 Å². The molecule has 34 heavy (non-hydrogen) atoms. The summed E-state index contributed by atoms with van der Waals surface area (Å²) in [6, 6.07) is 17.8. The van der Waals surface area contributed by atoms with Gasteiger partial charge in [0.05, 0.1) is 5.52 Å². The molecule has 0 bridgehead atoms. The molecule has 2 N–H and O–H groups in total. The summed E-state index contributed by atoms with van der Waals surface area (Å²) in [5, 5.41) is 6.31. The molecule has 2 amide bonds. The third-order valence-corrected chi connectivity index (χ3v) is 5.10. The molecule has 0 atom stereocenters. The van der Waals surface area contributed by atoms with E-state index in [9.17, 15) is 9.59 Å². The topological polar surface area (TPSA) is 93.2 Å². The molecular weight excluding hydrogens is 428 g/mol. The zero-order chi connectivity index (χ0) is 23.9. The maximum absolute atomic E-state index is 12.6. The predicted molar refractivity (Wildman–Crippen MR) is 133 cm³/mol. The van der Waals surface area contributed by atoms with Crippen LogP contribution < -0.4 is 15.4 Å². The van der Waals surface area contributed by atoms with E-state index in [1.165, 1.54) is 6.08 Å². The van der Waals surface area contributed by atoms with E-state index in [1.807, 2.05) is 12.1 Å². The predicted octanol–water partition coefficient (Wildman–Crippen LogP) is 5.75. The van der Waals surface area contributed by atoms with Crippen molar-refractivity contribution in [1.82, 2.24) is 9.97 Å². The molecule has 0 saturated heterocycles. The molecule has 0 aliphatic carbocycles. The number of anilines is 2. The van der Waals surface area contributed by atoms with Gasteiger partial charge in [-0.1, -0.05) is 19.9 Å². The quantitative estimate of drug-likeness (QED) is 0.332. The lowest BCUT2D eigenvalue weighted by Gasteiger charge is -2.11. The SMILES string of the molecule is C=CC(=O)Nc1ccc2nccc(Oc3ccc(C(=O)Nc4cc(CCC)ccn4)cc3)c2c1. The standard InChI is InChI=1S/C27H24N4O3/c1-3-5-18-12-14-29-25(16-18)31-27(33)19-6-9-21(10-7-19)34-24-13-15-28-23-11-8-20(17-22(23)24)30-26(32)4-2/h4,6-17H,2-3,5H2,1H3,(H,30,32)(H,29,31,33). The second-order valence-electron chi connectivity index (χ2n) is 7.61. The van der Waals surface area contributed by atoms with Gasteiger partial charge in [0.25, 0.3) is 5.91 Å². The summed E-state index contributed by atoms with van der Waals surface area (Å²) < 4.78 is 6.06. The fourth-order valence-electron chi connectivity index (χ4n) is 3.46. The fraction of sp³-hybridized carbons (Fsp3) is 0.111. The van der Waals surface area contributed by atoms with Crippen LogP contribution in [0.1, 0.15) is 29.3 Å². The number of carbonyl (C=O) groups excluding carboxylic acids is 2. The molecule has 0 spiro atoms. The number of nitrogens with zero attached hydrogens (tertiary/aromatic N) is 2. The third kappa shape index (κ3) is 5.45. The highest BCUT2D eigenvalue weighted by atomic mass is 16.5. The summed E-state index contributed by atoms with van der Waals surface area (Å²) in [6.45, 7) is 5.57. The van der Waals surface area contributed by atoms with Crippen molar-refractivity contribution in [2.75, 3.05) is 10.6 Å². The maximum Gasteiger partial charge on any atom is 0.256 e. The summed E-state index contributed by atoms with van der Waals surface area (Å²) in [5.74, 6) is 1.12. The van der Waals surface area contributed by atoms with E-state index >= 15 is 0 Å². The lowest BCUT2D eigenvalue weighted by atomic mass is 10.1. The molecule has 0 radical (unpaired) electrons. The second-order valence-corrected chi connectivity index (χ2v) is 7.61. The zero-order valence-corrected chi connectivity index (χ0v) is 18.7. The number of fused-ring (bicyclic) bond motifs is 1. The first-order valence-corrected chi connectivity index (χ1v) is 10.9. The van der Waals surface area contributed by atoms with Gasteiger partial charge in [-0.3, -0.25) is 14.6 Å². The van der Waals surface area contributed by atoms with Crippen molar-refractivity contribution in [2.24, 2.45) is 0 Å². The van der Waals surface area contributed by atoms with Crippen molar-refractivity contribution in [3.63, 3.8) is 0 Å². The van der Waals surface area contributed by atoms with Gasteiger partial charge in [0.2, 0.25) is 5.91 Å². The van der Waals surface area contributed by atoms with Gasteiger partial charge in [0.15, 0.2) is 0 Å². The van der Waals surface area contributed by atoms with Gasteiger partial charge in [-0.2, -0.15) is 0 Å². The van der Waals surface area contributed by atoms with Gasteiger partial charge < -0.3 is 15.4 Å². The number of aryl methyl sites for hydroxylation is 1. The number of aromatic nitrogens is 2. The normalized spacial score (nSPS) is 10.5. The van der Waals surface area contributed by atoms with Gasteiger partial charge in [-0.05, 0) is 78.7 Å². The van der Waals surface area contributed by atoms with E-state index in [0.29, 0.717) is 28.6 Å². The maximum atomic E-state index is 12.6. The van der Waals surface area contributed by atoms with Gasteiger partial charge in [0, 0.05) is 29.0 Å². The summed E-state index contributed by atoms with van der Waals surface area (Å²) >= 11 is 0. The summed E-state index contributed by atoms with van der Waals surface area (Å²) in [7, 11) is 0. The molecule has 4 aromatic rings. The minimum atomic E-state index is -0.299. The Bertz CT molecular complexity index is 1350. The molecule has 2 heterocycles. The Kier molecular flexibility index (Phi) is 6.93. The number of nitrogens with one attached hydrogen (secondary N) is 2. The van der Waals surface area contributed by atoms with Crippen molar-refractivity contribution < 1.29 is 14.3 Å². The first kappa shape index (κ1) is 22.7. The van der Waals surface area contributed by atoms with E-state index in [4.69, 9.17) is 4.74 Å². The molecular formula is C27H24N4O3. The number of hydrogen-bond donors (Lipinski definition) is 2. The number of amides is 2. The Morgan fingerprint density at radius 1 is 0.971 bits per heavy atom. The Morgan fingerprint density at radius 2 is 1.76 bits per heavy atom. The van der Waals surface area contributed by atoms with Crippen molar-refractivity contribution in [2.45, 2.75) is 19.8 Å². The first-order chi connectivity index (χ1) is 16.6. The zero-order valence-electron chi connectivity index (χ0n) is 18.7. The first-order valence-electron chi connectivity index (χ1n) is 10.9. The Hall–Kier alpha value is -4.52. The highest BCUT2D eigenvalue weighted by Gasteiger charge is 2.10. The summed E-state index contributed by atoms with van der Waals surface area (Å²) in [4.78, 5) is 32.8. The molecule has 7 heteroatoms. The fourth-order valence-corrected chi connectivity index (χ4v) is 3.46. The van der Waals surface area contributed by atoms with Crippen molar-refractivity contribution in [3.8, 4) is 11.5 Å². The van der Waals surface area contributed by atoms with Crippen molar-refractivity contribution in [3.05, 3.63) is 96.8 Å².